The molecule has 1 heterocycles. The van der Waals surface area contributed by atoms with Crippen molar-refractivity contribution >= 4 is 0 Å². The zero-order valence-electron chi connectivity index (χ0n) is 5.52. The van der Waals surface area contributed by atoms with Gasteiger partial charge in [-0.1, -0.05) is 5.92 Å². The Labute approximate surface area is 56.4 Å². The molecule has 1 saturated heterocycles. The molecular formula is C8H11O. The molecule has 1 rings (SSSR count). The number of hydrogen-bond acceptors (Lipinski definition) is 1. The predicted molar refractivity (Wildman–Crippen MR) is 35.3 cm³/mol. The third-order valence-corrected chi connectivity index (χ3v) is 1.62. The molecule has 0 amide bonds. The molecule has 1 nitrogen and oxygen atoms in total. The first kappa shape index (κ1) is 6.64. The van der Waals surface area contributed by atoms with Gasteiger partial charge < -0.3 is 4.74 Å². The van der Waals surface area contributed by atoms with E-state index in [4.69, 9.17) is 11.2 Å². The van der Waals surface area contributed by atoms with Crippen molar-refractivity contribution in [2.75, 3.05) is 6.61 Å². The van der Waals surface area contributed by atoms with Crippen molar-refractivity contribution in [1.29, 1.82) is 0 Å². The second-order valence-corrected chi connectivity index (χ2v) is 2.35. The fourth-order valence-electron chi connectivity index (χ4n) is 0.930. The highest BCUT2D eigenvalue weighted by molar-refractivity contribution is 4.76. The molecule has 0 aromatic carbocycles. The quantitative estimate of drug-likeness (QED) is 0.408. The van der Waals surface area contributed by atoms with Crippen molar-refractivity contribution in [3.8, 4) is 5.92 Å². The molecule has 0 N–H and O–H groups in total. The van der Waals surface area contributed by atoms with Crippen LogP contribution in [0.4, 0.5) is 0 Å². The maximum atomic E-state index is 6.63. The highest BCUT2D eigenvalue weighted by Gasteiger charge is 2.16. The maximum absolute atomic E-state index is 6.63. The zero-order valence-corrected chi connectivity index (χ0v) is 5.52. The van der Waals surface area contributed by atoms with E-state index < -0.39 is 0 Å². The van der Waals surface area contributed by atoms with Crippen LogP contribution < -0.4 is 0 Å². The standard InChI is InChI=1S/C8H11O/c1-2-3-4-5-8-6-7-9-8/h8H,3-7H2. The van der Waals surface area contributed by atoms with Gasteiger partial charge in [0.25, 0.3) is 0 Å². The van der Waals surface area contributed by atoms with E-state index in [2.05, 4.69) is 5.92 Å². The Kier molecular flexibility index (Phi) is 2.60. The van der Waals surface area contributed by atoms with Gasteiger partial charge in [-0.15, -0.1) is 0 Å². The maximum Gasteiger partial charge on any atom is 0.0597 e. The van der Waals surface area contributed by atoms with Crippen LogP contribution in [0.2, 0.25) is 0 Å². The summed E-state index contributed by atoms with van der Waals surface area (Å²) in [5.74, 6) is 2.37. The van der Waals surface area contributed by atoms with E-state index in [0.29, 0.717) is 6.10 Å². The Hall–Kier alpha value is -0.480. The Bertz CT molecular complexity index is 108. The van der Waals surface area contributed by atoms with Crippen LogP contribution in [0.3, 0.4) is 0 Å². The van der Waals surface area contributed by atoms with E-state index in [9.17, 15) is 0 Å². The first-order chi connectivity index (χ1) is 4.43. The summed E-state index contributed by atoms with van der Waals surface area (Å²) < 4.78 is 5.19. The smallest absolute Gasteiger partial charge is 0.0597 e. The van der Waals surface area contributed by atoms with Gasteiger partial charge in [-0.25, -0.2) is 0 Å². The summed E-state index contributed by atoms with van der Waals surface area (Å²) in [6, 6.07) is 0. The predicted octanol–water partition coefficient (Wildman–Crippen LogP) is 1.54. The summed E-state index contributed by atoms with van der Waals surface area (Å²) in [6.07, 6.45) is 11.3. The number of ether oxygens (including phenoxy) is 1. The first-order valence-electron chi connectivity index (χ1n) is 3.44. The highest BCUT2D eigenvalue weighted by Crippen LogP contribution is 2.16. The molecule has 0 aromatic heterocycles. The molecule has 1 heteroatoms. The lowest BCUT2D eigenvalue weighted by molar-refractivity contribution is -0.0551. The molecule has 0 aliphatic carbocycles. The van der Waals surface area contributed by atoms with Crippen molar-refractivity contribution in [2.45, 2.75) is 31.8 Å². The number of rotatable bonds is 3. The van der Waals surface area contributed by atoms with Crippen molar-refractivity contribution in [2.24, 2.45) is 0 Å². The second kappa shape index (κ2) is 3.53. The first-order valence-corrected chi connectivity index (χ1v) is 3.44. The topological polar surface area (TPSA) is 9.23 Å². The van der Waals surface area contributed by atoms with Gasteiger partial charge >= 0.3 is 0 Å². The minimum Gasteiger partial charge on any atom is -0.378 e. The van der Waals surface area contributed by atoms with Gasteiger partial charge in [0.1, 0.15) is 0 Å². The fourth-order valence-corrected chi connectivity index (χ4v) is 0.930. The molecule has 0 aromatic rings. The van der Waals surface area contributed by atoms with E-state index in [1.54, 1.807) is 0 Å². The molecule has 1 atom stereocenters. The van der Waals surface area contributed by atoms with Crippen molar-refractivity contribution in [3.63, 3.8) is 0 Å². The van der Waals surface area contributed by atoms with E-state index in [1.165, 1.54) is 6.42 Å². The van der Waals surface area contributed by atoms with Gasteiger partial charge in [0.2, 0.25) is 0 Å². The SMILES string of the molecule is [C]#CCCCC1CCO1. The lowest BCUT2D eigenvalue weighted by Gasteiger charge is -2.25. The van der Waals surface area contributed by atoms with Crippen molar-refractivity contribution in [1.82, 2.24) is 0 Å². The van der Waals surface area contributed by atoms with Gasteiger partial charge in [0.05, 0.1) is 6.10 Å². The van der Waals surface area contributed by atoms with Gasteiger partial charge in [-0.3, -0.25) is 0 Å². The van der Waals surface area contributed by atoms with Crippen LogP contribution in [-0.2, 0) is 4.74 Å². The molecule has 0 spiro atoms. The van der Waals surface area contributed by atoms with Crippen LogP contribution >= 0.6 is 0 Å². The molecule has 1 aliphatic rings. The van der Waals surface area contributed by atoms with E-state index in [-0.39, 0.29) is 0 Å². The second-order valence-electron chi connectivity index (χ2n) is 2.35. The summed E-state index contributed by atoms with van der Waals surface area (Å²) in [6.45, 7) is 0.943. The Morgan fingerprint density at radius 1 is 1.67 bits per heavy atom. The van der Waals surface area contributed by atoms with Crippen LogP contribution in [0.25, 0.3) is 0 Å². The molecule has 1 aliphatic heterocycles. The average molecular weight is 123 g/mol. The Morgan fingerprint density at radius 3 is 2.89 bits per heavy atom. The van der Waals surface area contributed by atoms with E-state index >= 15 is 0 Å². The van der Waals surface area contributed by atoms with E-state index in [0.717, 1.165) is 25.9 Å². The average Bonchev–Trinajstić information content (AvgIpc) is 1.76. The highest BCUT2D eigenvalue weighted by atomic mass is 16.5. The van der Waals surface area contributed by atoms with Crippen LogP contribution in [0.5, 0.6) is 0 Å². The monoisotopic (exact) mass is 123 g/mol. The van der Waals surface area contributed by atoms with Gasteiger partial charge in [0, 0.05) is 13.0 Å². The van der Waals surface area contributed by atoms with E-state index in [1.807, 2.05) is 0 Å². The largest absolute Gasteiger partial charge is 0.378 e. The lowest BCUT2D eigenvalue weighted by atomic mass is 10.1. The molecule has 49 valence electrons. The third kappa shape index (κ3) is 2.07. The summed E-state index contributed by atoms with van der Waals surface area (Å²) in [4.78, 5) is 0. The van der Waals surface area contributed by atoms with Gasteiger partial charge in [0.15, 0.2) is 0 Å². The summed E-state index contributed by atoms with van der Waals surface area (Å²) in [5.41, 5.74) is 0. The number of unbranched alkanes of at least 4 members (excludes halogenated alkanes) is 1. The van der Waals surface area contributed by atoms with Crippen molar-refractivity contribution in [3.05, 3.63) is 6.42 Å². The van der Waals surface area contributed by atoms with Crippen LogP contribution in [-0.4, -0.2) is 12.7 Å². The Balaban J connectivity index is 1.87. The molecule has 1 unspecified atom stereocenters. The molecule has 1 radical (unpaired) electrons. The van der Waals surface area contributed by atoms with Gasteiger partial charge in [-0.05, 0) is 25.7 Å². The molecule has 0 bridgehead atoms. The lowest BCUT2D eigenvalue weighted by Crippen LogP contribution is -2.26. The van der Waals surface area contributed by atoms with Crippen LogP contribution in [0, 0.1) is 12.3 Å². The molecule has 1 fully saturated rings. The number of hydrogen-bond donors (Lipinski definition) is 0. The third-order valence-electron chi connectivity index (χ3n) is 1.62. The summed E-state index contributed by atoms with van der Waals surface area (Å²) >= 11 is 0. The minimum atomic E-state index is 0.512. The molecular weight excluding hydrogens is 112 g/mol. The molecule has 0 saturated carbocycles. The Morgan fingerprint density at radius 2 is 2.44 bits per heavy atom. The van der Waals surface area contributed by atoms with Gasteiger partial charge in [-0.2, -0.15) is 0 Å². The normalized spacial score (nSPS) is 24.6. The van der Waals surface area contributed by atoms with Crippen LogP contribution in [0.1, 0.15) is 25.7 Å². The molecule has 9 heavy (non-hydrogen) atoms. The van der Waals surface area contributed by atoms with Crippen molar-refractivity contribution < 1.29 is 4.74 Å². The summed E-state index contributed by atoms with van der Waals surface area (Å²) in [7, 11) is 0. The summed E-state index contributed by atoms with van der Waals surface area (Å²) in [5, 5.41) is 0. The van der Waals surface area contributed by atoms with Crippen LogP contribution in [0.15, 0.2) is 0 Å². The minimum absolute atomic E-state index is 0.512. The fraction of sp³-hybridized carbons (Fsp3) is 0.750. The zero-order chi connectivity index (χ0) is 6.53.